The SMILES string of the molecule is COc1ccc([N+](=O)[O-])cc1NC(=O)[C@@H](C)Sc1nnnn1-c1ccc(C)cc1. The smallest absolute Gasteiger partial charge is 0.271 e. The van der Waals surface area contributed by atoms with Crippen molar-refractivity contribution in [2.75, 3.05) is 12.4 Å². The molecule has 3 aromatic rings. The molecule has 0 fully saturated rings. The summed E-state index contributed by atoms with van der Waals surface area (Å²) in [4.78, 5) is 23.1. The molecule has 0 aliphatic rings. The lowest BCUT2D eigenvalue weighted by Gasteiger charge is -2.14. The third-order valence-corrected chi connectivity index (χ3v) is 5.06. The van der Waals surface area contributed by atoms with Gasteiger partial charge in [-0.25, -0.2) is 0 Å². The Morgan fingerprint density at radius 3 is 2.66 bits per heavy atom. The van der Waals surface area contributed by atoms with Crippen molar-refractivity contribution in [3.8, 4) is 11.4 Å². The molecule has 0 radical (unpaired) electrons. The van der Waals surface area contributed by atoms with Crippen LogP contribution in [0.1, 0.15) is 12.5 Å². The molecule has 29 heavy (non-hydrogen) atoms. The Balaban J connectivity index is 1.76. The molecule has 1 atom stereocenters. The number of nitrogens with zero attached hydrogens (tertiary/aromatic N) is 5. The standard InChI is InChI=1S/C18H18N6O4S/c1-11-4-6-13(7-5-11)23-18(20-21-22-23)29-12(2)17(25)19-15-10-14(24(26)27)8-9-16(15)28-3/h4-10,12H,1-3H3,(H,19,25)/t12-/m1/s1. The molecule has 150 valence electrons. The van der Waals surface area contributed by atoms with E-state index in [1.54, 1.807) is 11.6 Å². The molecule has 2 aromatic carbocycles. The number of aryl methyl sites for hydroxylation is 1. The van der Waals surface area contributed by atoms with Gasteiger partial charge in [-0.05, 0) is 42.5 Å². The van der Waals surface area contributed by atoms with Gasteiger partial charge in [0.15, 0.2) is 0 Å². The summed E-state index contributed by atoms with van der Waals surface area (Å²) in [6, 6.07) is 11.6. The molecule has 0 saturated carbocycles. The van der Waals surface area contributed by atoms with Crippen LogP contribution in [-0.4, -0.2) is 43.4 Å². The van der Waals surface area contributed by atoms with E-state index in [2.05, 4.69) is 20.8 Å². The minimum absolute atomic E-state index is 0.148. The van der Waals surface area contributed by atoms with E-state index < -0.39 is 10.2 Å². The predicted molar refractivity (Wildman–Crippen MR) is 107 cm³/mol. The summed E-state index contributed by atoms with van der Waals surface area (Å²) < 4.78 is 6.72. The van der Waals surface area contributed by atoms with E-state index in [1.165, 1.54) is 37.1 Å². The van der Waals surface area contributed by atoms with Crippen LogP contribution in [0.5, 0.6) is 5.75 Å². The van der Waals surface area contributed by atoms with Crippen LogP contribution in [0, 0.1) is 17.0 Å². The van der Waals surface area contributed by atoms with Gasteiger partial charge in [0.1, 0.15) is 5.75 Å². The van der Waals surface area contributed by atoms with Crippen molar-refractivity contribution >= 4 is 29.0 Å². The van der Waals surface area contributed by atoms with Crippen LogP contribution >= 0.6 is 11.8 Å². The van der Waals surface area contributed by atoms with Gasteiger partial charge in [-0.3, -0.25) is 14.9 Å². The van der Waals surface area contributed by atoms with Gasteiger partial charge in [-0.15, -0.1) is 5.10 Å². The number of carbonyl (C=O) groups excluding carboxylic acids is 1. The minimum atomic E-state index is -0.575. The number of non-ortho nitro benzene ring substituents is 1. The van der Waals surface area contributed by atoms with Crippen molar-refractivity contribution in [3.05, 3.63) is 58.1 Å². The van der Waals surface area contributed by atoms with E-state index in [4.69, 9.17) is 4.74 Å². The maximum Gasteiger partial charge on any atom is 0.271 e. The van der Waals surface area contributed by atoms with Gasteiger partial charge < -0.3 is 10.1 Å². The highest BCUT2D eigenvalue weighted by Gasteiger charge is 2.21. The average Bonchev–Trinajstić information content (AvgIpc) is 3.16. The Morgan fingerprint density at radius 1 is 1.28 bits per heavy atom. The second-order valence-electron chi connectivity index (χ2n) is 6.10. The number of aromatic nitrogens is 4. The molecule has 0 spiro atoms. The van der Waals surface area contributed by atoms with Crippen molar-refractivity contribution in [2.45, 2.75) is 24.3 Å². The fourth-order valence-electron chi connectivity index (χ4n) is 2.45. The molecule has 0 saturated heterocycles. The van der Waals surface area contributed by atoms with E-state index in [0.29, 0.717) is 10.9 Å². The van der Waals surface area contributed by atoms with E-state index >= 15 is 0 Å². The van der Waals surface area contributed by atoms with Gasteiger partial charge in [0.25, 0.3) is 5.69 Å². The first-order valence-electron chi connectivity index (χ1n) is 8.54. The highest BCUT2D eigenvalue weighted by Crippen LogP contribution is 2.30. The number of ether oxygens (including phenoxy) is 1. The summed E-state index contributed by atoms with van der Waals surface area (Å²) in [5, 5.41) is 25.2. The van der Waals surface area contributed by atoms with Gasteiger partial charge in [0, 0.05) is 12.1 Å². The van der Waals surface area contributed by atoms with Crippen LogP contribution in [0.25, 0.3) is 5.69 Å². The van der Waals surface area contributed by atoms with Crippen LogP contribution in [0.2, 0.25) is 0 Å². The number of anilines is 1. The predicted octanol–water partition coefficient (Wildman–Crippen LogP) is 3.01. The van der Waals surface area contributed by atoms with Crippen LogP contribution in [-0.2, 0) is 4.79 Å². The van der Waals surface area contributed by atoms with Gasteiger partial charge in [-0.2, -0.15) is 4.68 Å². The number of rotatable bonds is 7. The Morgan fingerprint density at radius 2 is 2.00 bits per heavy atom. The van der Waals surface area contributed by atoms with Crippen LogP contribution in [0.3, 0.4) is 0 Å². The molecule has 0 bridgehead atoms. The summed E-state index contributed by atoms with van der Waals surface area (Å²) in [6.45, 7) is 3.67. The number of nitro benzene ring substituents is 1. The third kappa shape index (κ3) is 4.69. The number of nitrogens with one attached hydrogen (secondary N) is 1. The molecule has 0 aliphatic heterocycles. The van der Waals surface area contributed by atoms with Crippen molar-refractivity contribution in [3.63, 3.8) is 0 Å². The van der Waals surface area contributed by atoms with Crippen LogP contribution in [0.4, 0.5) is 11.4 Å². The Hall–Kier alpha value is -3.47. The number of thioether (sulfide) groups is 1. The molecule has 0 unspecified atom stereocenters. The van der Waals surface area contributed by atoms with E-state index in [-0.39, 0.29) is 17.3 Å². The molecular weight excluding hydrogens is 396 g/mol. The van der Waals surface area contributed by atoms with Crippen LogP contribution < -0.4 is 10.1 Å². The van der Waals surface area contributed by atoms with Crippen molar-refractivity contribution < 1.29 is 14.5 Å². The molecule has 1 N–H and O–H groups in total. The molecular formula is C18H18N6O4S. The first kappa shape index (κ1) is 20.3. The number of hydrogen-bond donors (Lipinski definition) is 1. The summed E-state index contributed by atoms with van der Waals surface area (Å²) in [5.74, 6) is -0.0436. The first-order valence-corrected chi connectivity index (χ1v) is 9.42. The Labute approximate surface area is 170 Å². The van der Waals surface area contributed by atoms with Gasteiger partial charge in [0.05, 0.1) is 28.7 Å². The lowest BCUT2D eigenvalue weighted by Crippen LogP contribution is -2.23. The van der Waals surface area contributed by atoms with Gasteiger partial charge in [-0.1, -0.05) is 29.5 Å². The fourth-order valence-corrected chi connectivity index (χ4v) is 3.26. The second kappa shape index (κ2) is 8.69. The van der Waals surface area contributed by atoms with Gasteiger partial charge in [0.2, 0.25) is 11.1 Å². The largest absolute Gasteiger partial charge is 0.495 e. The topological polar surface area (TPSA) is 125 Å². The van der Waals surface area contributed by atoms with Crippen molar-refractivity contribution in [2.24, 2.45) is 0 Å². The summed E-state index contributed by atoms with van der Waals surface area (Å²) in [5.41, 5.74) is 1.95. The normalized spacial score (nSPS) is 11.7. The number of tetrazole rings is 1. The average molecular weight is 414 g/mol. The van der Waals surface area contributed by atoms with Crippen LogP contribution in [0.15, 0.2) is 47.6 Å². The zero-order valence-electron chi connectivity index (χ0n) is 15.9. The molecule has 11 heteroatoms. The maximum absolute atomic E-state index is 12.6. The second-order valence-corrected chi connectivity index (χ2v) is 7.41. The Kier molecular flexibility index (Phi) is 6.07. The van der Waals surface area contributed by atoms with Gasteiger partial charge >= 0.3 is 0 Å². The highest BCUT2D eigenvalue weighted by atomic mass is 32.2. The fraction of sp³-hybridized carbons (Fsp3) is 0.222. The number of nitro groups is 1. The number of methoxy groups -OCH3 is 1. The molecule has 3 rings (SSSR count). The zero-order valence-corrected chi connectivity index (χ0v) is 16.7. The molecule has 0 aliphatic carbocycles. The highest BCUT2D eigenvalue weighted by molar-refractivity contribution is 8.00. The number of benzene rings is 2. The lowest BCUT2D eigenvalue weighted by atomic mass is 10.2. The molecule has 1 heterocycles. The monoisotopic (exact) mass is 414 g/mol. The zero-order chi connectivity index (χ0) is 21.0. The van der Waals surface area contributed by atoms with E-state index in [0.717, 1.165) is 11.3 Å². The summed E-state index contributed by atoms with van der Waals surface area (Å²) >= 11 is 1.17. The van der Waals surface area contributed by atoms with E-state index in [1.807, 2.05) is 31.2 Å². The number of carbonyl (C=O) groups is 1. The third-order valence-electron chi connectivity index (χ3n) is 4.02. The first-order chi connectivity index (χ1) is 13.9. The maximum atomic E-state index is 12.6. The molecule has 1 amide bonds. The quantitative estimate of drug-likeness (QED) is 0.355. The van der Waals surface area contributed by atoms with E-state index in [9.17, 15) is 14.9 Å². The Bertz CT molecular complexity index is 1040. The van der Waals surface area contributed by atoms with Crippen molar-refractivity contribution in [1.82, 2.24) is 20.2 Å². The minimum Gasteiger partial charge on any atom is -0.495 e. The number of hydrogen-bond acceptors (Lipinski definition) is 8. The summed E-state index contributed by atoms with van der Waals surface area (Å²) in [6.07, 6.45) is 0. The summed E-state index contributed by atoms with van der Waals surface area (Å²) in [7, 11) is 1.42. The molecule has 1 aromatic heterocycles. The number of amides is 1. The van der Waals surface area contributed by atoms with Crippen molar-refractivity contribution in [1.29, 1.82) is 0 Å². The lowest BCUT2D eigenvalue weighted by molar-refractivity contribution is -0.384. The molecule has 10 nitrogen and oxygen atoms in total.